The quantitative estimate of drug-likeness (QED) is 0.501. The third kappa shape index (κ3) is 6.87. The lowest BCUT2D eigenvalue weighted by molar-refractivity contribution is -0.139. The molecule has 1 atom stereocenters. The Labute approximate surface area is 89.4 Å². The summed E-state index contributed by atoms with van der Waals surface area (Å²) < 4.78 is 0. The van der Waals surface area contributed by atoms with Crippen LogP contribution in [0.1, 0.15) is 13.3 Å². The van der Waals surface area contributed by atoms with Crippen LogP contribution in [0.5, 0.6) is 0 Å². The van der Waals surface area contributed by atoms with Crippen LogP contribution < -0.4 is 11.1 Å². The highest BCUT2D eigenvalue weighted by Crippen LogP contribution is 1.87. The molecule has 0 heterocycles. The van der Waals surface area contributed by atoms with E-state index in [1.54, 1.807) is 11.9 Å². The van der Waals surface area contributed by atoms with E-state index in [0.29, 0.717) is 6.54 Å². The van der Waals surface area contributed by atoms with E-state index >= 15 is 0 Å². The molecule has 0 bridgehead atoms. The Morgan fingerprint density at radius 1 is 1.53 bits per heavy atom. The monoisotopic (exact) mass is 217 g/mol. The normalized spacial score (nSPS) is 12.5. The summed E-state index contributed by atoms with van der Waals surface area (Å²) in [6, 6.07) is -0.950. The predicted molar refractivity (Wildman–Crippen MR) is 56.4 cm³/mol. The van der Waals surface area contributed by atoms with Crippen LogP contribution in [0, 0.1) is 0 Å². The molecule has 15 heavy (non-hydrogen) atoms. The smallest absolute Gasteiger partial charge is 0.321 e. The molecule has 0 rings (SSSR count). The third-order valence-electron chi connectivity index (χ3n) is 1.81. The van der Waals surface area contributed by atoms with Gasteiger partial charge in [0, 0.05) is 13.1 Å². The molecule has 1 amide bonds. The number of hydrogen-bond acceptors (Lipinski definition) is 4. The molecule has 0 fully saturated rings. The third-order valence-corrected chi connectivity index (χ3v) is 1.81. The lowest BCUT2D eigenvalue weighted by atomic mass is 10.3. The van der Waals surface area contributed by atoms with Crippen LogP contribution in [0.3, 0.4) is 0 Å². The van der Waals surface area contributed by atoms with Gasteiger partial charge in [-0.15, -0.1) is 0 Å². The molecule has 0 aliphatic carbocycles. The first-order chi connectivity index (χ1) is 6.97. The summed E-state index contributed by atoms with van der Waals surface area (Å²) in [4.78, 5) is 23.3. The zero-order valence-electron chi connectivity index (χ0n) is 9.19. The fourth-order valence-corrected chi connectivity index (χ4v) is 1.04. The molecule has 0 spiro atoms. The van der Waals surface area contributed by atoms with Gasteiger partial charge in [-0.1, -0.05) is 6.92 Å². The number of likely N-dealkylation sites (N-methyl/N-ethyl adjacent to an activating group) is 1. The van der Waals surface area contributed by atoms with Crippen molar-refractivity contribution in [2.24, 2.45) is 5.73 Å². The van der Waals surface area contributed by atoms with Crippen LogP contribution in [0.15, 0.2) is 0 Å². The average molecular weight is 217 g/mol. The lowest BCUT2D eigenvalue weighted by Crippen LogP contribution is -2.44. The van der Waals surface area contributed by atoms with E-state index in [2.05, 4.69) is 5.32 Å². The van der Waals surface area contributed by atoms with Gasteiger partial charge in [0.15, 0.2) is 0 Å². The number of nitrogens with zero attached hydrogens (tertiary/aromatic N) is 1. The number of aliphatic carboxylic acids is 1. The van der Waals surface area contributed by atoms with E-state index in [9.17, 15) is 9.59 Å². The number of hydrogen-bond donors (Lipinski definition) is 3. The first-order valence-electron chi connectivity index (χ1n) is 4.91. The summed E-state index contributed by atoms with van der Waals surface area (Å²) in [5.41, 5.74) is 5.32. The highest BCUT2D eigenvalue weighted by Gasteiger charge is 2.15. The highest BCUT2D eigenvalue weighted by atomic mass is 16.4. The first-order valence-corrected chi connectivity index (χ1v) is 4.91. The molecule has 0 radical (unpaired) electrons. The van der Waals surface area contributed by atoms with Crippen LogP contribution >= 0.6 is 0 Å². The van der Waals surface area contributed by atoms with Crippen molar-refractivity contribution < 1.29 is 14.7 Å². The largest absolute Gasteiger partial charge is 0.480 e. The average Bonchev–Trinajstić information content (AvgIpc) is 2.14. The molecule has 1 unspecified atom stereocenters. The number of carbonyl (C=O) groups excluding carboxylic acids is 1. The van der Waals surface area contributed by atoms with E-state index in [0.717, 1.165) is 6.42 Å². The van der Waals surface area contributed by atoms with Gasteiger partial charge in [0.25, 0.3) is 0 Å². The number of nitrogens with one attached hydrogen (secondary N) is 1. The number of carboxylic acids is 1. The summed E-state index contributed by atoms with van der Waals surface area (Å²) >= 11 is 0. The Balaban J connectivity index is 3.77. The van der Waals surface area contributed by atoms with Crippen molar-refractivity contribution in [2.75, 3.05) is 26.7 Å². The van der Waals surface area contributed by atoms with Gasteiger partial charge < -0.3 is 16.2 Å². The fraction of sp³-hybridized carbons (Fsp3) is 0.778. The summed E-state index contributed by atoms with van der Waals surface area (Å²) in [6.07, 6.45) is 0.879. The molecule has 6 nitrogen and oxygen atoms in total. The van der Waals surface area contributed by atoms with Crippen LogP contribution in [-0.2, 0) is 9.59 Å². The first kappa shape index (κ1) is 13.9. The molecule has 0 saturated carbocycles. The SMILES string of the molecule is CCCNC(=O)CN(C)CC(N)C(=O)O. The van der Waals surface area contributed by atoms with Gasteiger partial charge in [-0.3, -0.25) is 14.5 Å². The summed E-state index contributed by atoms with van der Waals surface area (Å²) in [5, 5.41) is 11.3. The van der Waals surface area contributed by atoms with Crippen LogP contribution in [-0.4, -0.2) is 54.6 Å². The van der Waals surface area contributed by atoms with Crippen molar-refractivity contribution in [1.82, 2.24) is 10.2 Å². The minimum absolute atomic E-state index is 0.114. The molecule has 4 N–H and O–H groups in total. The second-order valence-electron chi connectivity index (χ2n) is 3.49. The van der Waals surface area contributed by atoms with Gasteiger partial charge in [0.2, 0.25) is 5.91 Å². The van der Waals surface area contributed by atoms with Crippen molar-refractivity contribution in [3.05, 3.63) is 0 Å². The number of rotatable bonds is 7. The molecule has 88 valence electrons. The van der Waals surface area contributed by atoms with Crippen molar-refractivity contribution >= 4 is 11.9 Å². The predicted octanol–water partition coefficient (Wildman–Crippen LogP) is -1.14. The second-order valence-corrected chi connectivity index (χ2v) is 3.49. The molecular weight excluding hydrogens is 198 g/mol. The molecule has 0 aliphatic rings. The molecule has 0 aromatic heterocycles. The number of nitrogens with two attached hydrogens (primary N) is 1. The fourth-order valence-electron chi connectivity index (χ4n) is 1.04. The van der Waals surface area contributed by atoms with Gasteiger partial charge >= 0.3 is 5.97 Å². The van der Waals surface area contributed by atoms with Crippen LogP contribution in [0.4, 0.5) is 0 Å². The van der Waals surface area contributed by atoms with Crippen LogP contribution in [0.2, 0.25) is 0 Å². The van der Waals surface area contributed by atoms with Gasteiger partial charge in [-0.05, 0) is 13.5 Å². The van der Waals surface area contributed by atoms with E-state index in [-0.39, 0.29) is 19.0 Å². The Kier molecular flexibility index (Phi) is 6.64. The zero-order valence-corrected chi connectivity index (χ0v) is 9.19. The molecule has 6 heteroatoms. The lowest BCUT2D eigenvalue weighted by Gasteiger charge is -2.18. The molecular formula is C9H19N3O3. The number of amides is 1. The van der Waals surface area contributed by atoms with Crippen molar-refractivity contribution in [3.63, 3.8) is 0 Å². The Morgan fingerprint density at radius 3 is 2.60 bits per heavy atom. The second kappa shape index (κ2) is 7.19. The minimum atomic E-state index is -1.06. The number of carboxylic acid groups (broad SMARTS) is 1. The summed E-state index contributed by atoms with van der Waals surface area (Å²) in [7, 11) is 1.66. The maximum Gasteiger partial charge on any atom is 0.321 e. The van der Waals surface area contributed by atoms with E-state index in [4.69, 9.17) is 10.8 Å². The number of carbonyl (C=O) groups is 2. The van der Waals surface area contributed by atoms with Crippen molar-refractivity contribution in [3.8, 4) is 0 Å². The van der Waals surface area contributed by atoms with Crippen LogP contribution in [0.25, 0.3) is 0 Å². The Morgan fingerprint density at radius 2 is 2.13 bits per heavy atom. The van der Waals surface area contributed by atoms with Crippen molar-refractivity contribution in [2.45, 2.75) is 19.4 Å². The van der Waals surface area contributed by atoms with Crippen molar-refractivity contribution in [1.29, 1.82) is 0 Å². The summed E-state index contributed by atoms with van der Waals surface area (Å²) in [5.74, 6) is -1.17. The Hall–Kier alpha value is -1.14. The van der Waals surface area contributed by atoms with E-state index in [1.807, 2.05) is 6.92 Å². The molecule has 0 aliphatic heterocycles. The minimum Gasteiger partial charge on any atom is -0.480 e. The van der Waals surface area contributed by atoms with E-state index < -0.39 is 12.0 Å². The maximum absolute atomic E-state index is 11.2. The highest BCUT2D eigenvalue weighted by molar-refractivity contribution is 5.78. The Bertz CT molecular complexity index is 221. The van der Waals surface area contributed by atoms with Gasteiger partial charge in [0.05, 0.1) is 6.54 Å². The maximum atomic E-state index is 11.2. The zero-order chi connectivity index (χ0) is 11.8. The topological polar surface area (TPSA) is 95.7 Å². The molecule has 0 aromatic rings. The standard InChI is InChI=1S/C9H19N3O3/c1-3-4-11-8(13)6-12(2)5-7(10)9(14)15/h7H,3-6,10H2,1-2H3,(H,11,13)(H,14,15). The summed E-state index contributed by atoms with van der Waals surface area (Å²) in [6.45, 7) is 2.93. The van der Waals surface area contributed by atoms with E-state index in [1.165, 1.54) is 0 Å². The van der Waals surface area contributed by atoms with Gasteiger partial charge in [-0.2, -0.15) is 0 Å². The molecule has 0 aromatic carbocycles. The van der Waals surface area contributed by atoms with Gasteiger partial charge in [0.1, 0.15) is 6.04 Å². The molecule has 0 saturated heterocycles. The van der Waals surface area contributed by atoms with Gasteiger partial charge in [-0.25, -0.2) is 0 Å².